The van der Waals surface area contributed by atoms with Gasteiger partial charge in [0.05, 0.1) is 0 Å². The molecule has 0 bridgehead atoms. The maximum absolute atomic E-state index is 13.0. The van der Waals surface area contributed by atoms with E-state index in [1.807, 2.05) is 12.1 Å². The zero-order chi connectivity index (χ0) is 17.0. The van der Waals surface area contributed by atoms with Crippen LogP contribution in [0.15, 0.2) is 24.3 Å². The molecule has 2 fully saturated rings. The predicted octanol–water partition coefficient (Wildman–Crippen LogP) is 1.54. The van der Waals surface area contributed by atoms with Crippen LogP contribution in [-0.2, 0) is 9.53 Å². The molecule has 1 aromatic carbocycles. The van der Waals surface area contributed by atoms with Gasteiger partial charge >= 0.3 is 0 Å². The summed E-state index contributed by atoms with van der Waals surface area (Å²) < 4.78 is 18.6. The van der Waals surface area contributed by atoms with E-state index in [1.54, 1.807) is 7.11 Å². The minimum Gasteiger partial charge on any atom is -0.371 e. The summed E-state index contributed by atoms with van der Waals surface area (Å²) in [7, 11) is 1.62. The SMILES string of the molecule is COC1(C(=O)NCC2CCN(c3ccc(F)cc3)C2)CCNCC1. The molecule has 2 saturated heterocycles. The summed E-state index contributed by atoms with van der Waals surface area (Å²) in [5.74, 6) is 0.204. The van der Waals surface area contributed by atoms with E-state index in [1.165, 1.54) is 12.1 Å². The Morgan fingerprint density at radius 1 is 1.38 bits per heavy atom. The van der Waals surface area contributed by atoms with E-state index in [0.29, 0.717) is 25.3 Å². The highest BCUT2D eigenvalue weighted by Crippen LogP contribution is 2.25. The molecule has 1 atom stereocenters. The van der Waals surface area contributed by atoms with Crippen molar-refractivity contribution in [2.75, 3.05) is 44.7 Å². The van der Waals surface area contributed by atoms with Crippen LogP contribution in [0.25, 0.3) is 0 Å². The van der Waals surface area contributed by atoms with E-state index in [0.717, 1.165) is 38.3 Å². The Balaban J connectivity index is 1.50. The molecule has 6 heteroatoms. The first-order chi connectivity index (χ1) is 11.6. The van der Waals surface area contributed by atoms with E-state index in [-0.39, 0.29) is 11.7 Å². The number of piperidine rings is 1. The Bertz CT molecular complexity index is 558. The van der Waals surface area contributed by atoms with Gasteiger partial charge in [0.1, 0.15) is 11.4 Å². The summed E-state index contributed by atoms with van der Waals surface area (Å²) in [5, 5.41) is 6.35. The predicted molar refractivity (Wildman–Crippen MR) is 91.6 cm³/mol. The lowest BCUT2D eigenvalue weighted by molar-refractivity contribution is -0.146. The number of hydrogen-bond donors (Lipinski definition) is 2. The van der Waals surface area contributed by atoms with Gasteiger partial charge in [-0.3, -0.25) is 4.79 Å². The molecule has 1 unspecified atom stereocenters. The van der Waals surface area contributed by atoms with Gasteiger partial charge in [0.2, 0.25) is 0 Å². The quantitative estimate of drug-likeness (QED) is 0.857. The van der Waals surface area contributed by atoms with Gasteiger partial charge in [0.15, 0.2) is 0 Å². The lowest BCUT2D eigenvalue weighted by Crippen LogP contribution is -2.54. The second kappa shape index (κ2) is 7.49. The van der Waals surface area contributed by atoms with Gasteiger partial charge in [-0.1, -0.05) is 0 Å². The Morgan fingerprint density at radius 2 is 2.08 bits per heavy atom. The molecule has 1 aromatic rings. The summed E-state index contributed by atoms with van der Waals surface area (Å²) >= 11 is 0. The molecular formula is C18H26FN3O2. The first-order valence-electron chi connectivity index (χ1n) is 8.68. The molecule has 0 saturated carbocycles. The van der Waals surface area contributed by atoms with Gasteiger partial charge in [-0.25, -0.2) is 4.39 Å². The third kappa shape index (κ3) is 3.70. The number of nitrogens with zero attached hydrogens (tertiary/aromatic N) is 1. The van der Waals surface area contributed by atoms with E-state index in [2.05, 4.69) is 15.5 Å². The summed E-state index contributed by atoms with van der Waals surface area (Å²) in [6.45, 7) is 4.10. The number of amides is 1. The van der Waals surface area contributed by atoms with Crippen molar-refractivity contribution >= 4 is 11.6 Å². The topological polar surface area (TPSA) is 53.6 Å². The number of rotatable bonds is 5. The number of halogens is 1. The third-order valence-electron chi connectivity index (χ3n) is 5.24. The summed E-state index contributed by atoms with van der Waals surface area (Å²) in [5.41, 5.74) is 0.359. The number of hydrogen-bond acceptors (Lipinski definition) is 4. The van der Waals surface area contributed by atoms with Gasteiger partial charge in [0, 0.05) is 32.4 Å². The Morgan fingerprint density at radius 3 is 2.75 bits per heavy atom. The average molecular weight is 335 g/mol. The molecule has 2 aliphatic heterocycles. The lowest BCUT2D eigenvalue weighted by atomic mass is 9.91. The molecule has 0 spiro atoms. The summed E-state index contributed by atoms with van der Waals surface area (Å²) in [6, 6.07) is 6.60. The van der Waals surface area contributed by atoms with Crippen LogP contribution in [0.2, 0.25) is 0 Å². The van der Waals surface area contributed by atoms with Gasteiger partial charge in [-0.05, 0) is 62.5 Å². The fourth-order valence-corrected chi connectivity index (χ4v) is 3.64. The van der Waals surface area contributed by atoms with Crippen molar-refractivity contribution < 1.29 is 13.9 Å². The third-order valence-corrected chi connectivity index (χ3v) is 5.24. The molecule has 24 heavy (non-hydrogen) atoms. The van der Waals surface area contributed by atoms with Crippen LogP contribution in [0.4, 0.5) is 10.1 Å². The first kappa shape index (κ1) is 17.2. The summed E-state index contributed by atoms with van der Waals surface area (Å²) in [4.78, 5) is 14.8. The lowest BCUT2D eigenvalue weighted by Gasteiger charge is -2.35. The smallest absolute Gasteiger partial charge is 0.252 e. The molecule has 2 aliphatic rings. The first-order valence-corrected chi connectivity index (χ1v) is 8.68. The van der Waals surface area contributed by atoms with Gasteiger partial charge in [0.25, 0.3) is 5.91 Å². The molecule has 0 aromatic heterocycles. The number of methoxy groups -OCH3 is 1. The zero-order valence-corrected chi connectivity index (χ0v) is 14.2. The Hall–Kier alpha value is -1.66. The molecular weight excluding hydrogens is 309 g/mol. The fraction of sp³-hybridized carbons (Fsp3) is 0.611. The van der Waals surface area contributed by atoms with E-state index < -0.39 is 5.60 Å². The standard InChI is InChI=1S/C18H26FN3O2/c1-24-18(7-9-20-10-8-18)17(23)21-12-14-6-11-22(13-14)16-4-2-15(19)3-5-16/h2-5,14,20H,6-13H2,1H3,(H,21,23). The minimum absolute atomic E-state index is 0.00623. The molecule has 0 aliphatic carbocycles. The molecule has 3 rings (SSSR count). The molecule has 2 N–H and O–H groups in total. The van der Waals surface area contributed by atoms with E-state index in [4.69, 9.17) is 4.74 Å². The number of anilines is 1. The molecule has 2 heterocycles. The number of nitrogens with one attached hydrogen (secondary N) is 2. The van der Waals surface area contributed by atoms with Crippen molar-refractivity contribution in [3.8, 4) is 0 Å². The molecule has 1 amide bonds. The Kier molecular flexibility index (Phi) is 5.36. The number of benzene rings is 1. The normalized spacial score (nSPS) is 23.2. The van der Waals surface area contributed by atoms with Crippen molar-refractivity contribution in [1.29, 1.82) is 0 Å². The van der Waals surface area contributed by atoms with Crippen LogP contribution < -0.4 is 15.5 Å². The average Bonchev–Trinajstić information content (AvgIpc) is 3.10. The molecule has 5 nitrogen and oxygen atoms in total. The van der Waals surface area contributed by atoms with E-state index in [9.17, 15) is 9.18 Å². The fourth-order valence-electron chi connectivity index (χ4n) is 3.64. The van der Waals surface area contributed by atoms with Crippen molar-refractivity contribution in [3.63, 3.8) is 0 Å². The van der Waals surface area contributed by atoms with Crippen LogP contribution in [0.3, 0.4) is 0 Å². The largest absolute Gasteiger partial charge is 0.371 e. The number of carbonyl (C=O) groups is 1. The van der Waals surface area contributed by atoms with Gasteiger partial charge < -0.3 is 20.3 Å². The van der Waals surface area contributed by atoms with Crippen LogP contribution in [-0.4, -0.2) is 51.3 Å². The number of carbonyl (C=O) groups excluding carboxylic acids is 1. The van der Waals surface area contributed by atoms with Crippen molar-refractivity contribution in [2.45, 2.75) is 24.9 Å². The molecule has 0 radical (unpaired) electrons. The minimum atomic E-state index is -0.680. The maximum atomic E-state index is 13.0. The van der Waals surface area contributed by atoms with Crippen LogP contribution in [0.5, 0.6) is 0 Å². The van der Waals surface area contributed by atoms with Crippen LogP contribution in [0.1, 0.15) is 19.3 Å². The highest BCUT2D eigenvalue weighted by Gasteiger charge is 2.39. The van der Waals surface area contributed by atoms with Crippen molar-refractivity contribution in [2.24, 2.45) is 5.92 Å². The van der Waals surface area contributed by atoms with Crippen LogP contribution >= 0.6 is 0 Å². The zero-order valence-electron chi connectivity index (χ0n) is 14.2. The van der Waals surface area contributed by atoms with Crippen LogP contribution in [0, 0.1) is 11.7 Å². The second-order valence-electron chi connectivity index (χ2n) is 6.74. The van der Waals surface area contributed by atoms with E-state index >= 15 is 0 Å². The highest BCUT2D eigenvalue weighted by atomic mass is 19.1. The van der Waals surface area contributed by atoms with Crippen molar-refractivity contribution in [3.05, 3.63) is 30.1 Å². The summed E-state index contributed by atoms with van der Waals surface area (Å²) in [6.07, 6.45) is 2.45. The second-order valence-corrected chi connectivity index (χ2v) is 6.74. The monoisotopic (exact) mass is 335 g/mol. The van der Waals surface area contributed by atoms with Crippen molar-refractivity contribution in [1.82, 2.24) is 10.6 Å². The van der Waals surface area contributed by atoms with Gasteiger partial charge in [-0.15, -0.1) is 0 Å². The molecule has 132 valence electrons. The Labute approximate surface area is 142 Å². The number of ether oxygens (including phenoxy) is 1. The van der Waals surface area contributed by atoms with Gasteiger partial charge in [-0.2, -0.15) is 0 Å². The maximum Gasteiger partial charge on any atom is 0.252 e. The highest BCUT2D eigenvalue weighted by molar-refractivity contribution is 5.85.